The third kappa shape index (κ3) is 2.62. The second kappa shape index (κ2) is 4.97. The van der Waals surface area contributed by atoms with Crippen LogP contribution < -0.4 is 10.6 Å². The van der Waals surface area contributed by atoms with Gasteiger partial charge in [0.15, 0.2) is 0 Å². The zero-order valence-corrected chi connectivity index (χ0v) is 10.4. The third-order valence-corrected chi connectivity index (χ3v) is 4.24. The van der Waals surface area contributed by atoms with E-state index < -0.39 is 10.8 Å². The Kier molecular flexibility index (Phi) is 3.61. The summed E-state index contributed by atoms with van der Waals surface area (Å²) in [6.45, 7) is 3.77. The Labute approximate surface area is 99.1 Å². The molecule has 0 amide bonds. The Morgan fingerprint density at radius 1 is 1.25 bits per heavy atom. The zero-order chi connectivity index (χ0) is 11.5. The predicted octanol–water partition coefficient (Wildman–Crippen LogP) is 1.27. The van der Waals surface area contributed by atoms with Crippen LogP contribution in [0.15, 0.2) is 24.3 Å². The average Bonchev–Trinajstić information content (AvgIpc) is 2.30. The van der Waals surface area contributed by atoms with Crippen molar-refractivity contribution in [1.82, 2.24) is 0 Å². The second-order valence-corrected chi connectivity index (χ2v) is 5.91. The van der Waals surface area contributed by atoms with E-state index in [0.717, 1.165) is 30.2 Å². The fraction of sp³-hybridized carbons (Fsp3) is 0.500. The number of hydrogen-bond donors (Lipinski definition) is 1. The number of benzene rings is 1. The molecule has 16 heavy (non-hydrogen) atoms. The molecular weight excluding hydrogens is 220 g/mol. The smallest absolute Gasteiger partial charge is 0.0411 e. The Morgan fingerprint density at radius 3 is 2.31 bits per heavy atom. The lowest BCUT2D eigenvalue weighted by atomic mass is 10.1. The van der Waals surface area contributed by atoms with E-state index in [1.54, 1.807) is 0 Å². The van der Waals surface area contributed by atoms with E-state index in [0.29, 0.717) is 0 Å². The SMILES string of the molecule is CC(N)c1ccc(N2CCS(=O)CC2)cc1. The van der Waals surface area contributed by atoms with Crippen LogP contribution in [0.5, 0.6) is 0 Å². The maximum atomic E-state index is 11.3. The van der Waals surface area contributed by atoms with Gasteiger partial charge in [0, 0.05) is 47.1 Å². The molecule has 1 unspecified atom stereocenters. The molecule has 0 bridgehead atoms. The summed E-state index contributed by atoms with van der Waals surface area (Å²) in [5, 5.41) is 0. The summed E-state index contributed by atoms with van der Waals surface area (Å²) in [5.41, 5.74) is 8.17. The Hall–Kier alpha value is -0.870. The van der Waals surface area contributed by atoms with E-state index in [1.165, 1.54) is 5.69 Å². The van der Waals surface area contributed by atoms with Gasteiger partial charge in [0.2, 0.25) is 0 Å². The third-order valence-electron chi connectivity index (χ3n) is 2.96. The van der Waals surface area contributed by atoms with Crippen molar-refractivity contribution in [3.63, 3.8) is 0 Å². The molecule has 88 valence electrons. The van der Waals surface area contributed by atoms with Gasteiger partial charge in [-0.3, -0.25) is 4.21 Å². The first kappa shape index (κ1) is 11.6. The maximum absolute atomic E-state index is 11.3. The highest BCUT2D eigenvalue weighted by Crippen LogP contribution is 2.19. The minimum Gasteiger partial charge on any atom is -0.370 e. The highest BCUT2D eigenvalue weighted by atomic mass is 32.2. The van der Waals surface area contributed by atoms with E-state index in [9.17, 15) is 4.21 Å². The molecule has 1 aliphatic rings. The van der Waals surface area contributed by atoms with Crippen molar-refractivity contribution in [3.8, 4) is 0 Å². The predicted molar refractivity (Wildman–Crippen MR) is 69.1 cm³/mol. The largest absolute Gasteiger partial charge is 0.370 e. The summed E-state index contributed by atoms with van der Waals surface area (Å²) in [6, 6.07) is 8.44. The molecule has 1 aromatic rings. The first-order valence-electron chi connectivity index (χ1n) is 5.62. The first-order valence-corrected chi connectivity index (χ1v) is 7.11. The van der Waals surface area contributed by atoms with E-state index in [1.807, 2.05) is 6.92 Å². The highest BCUT2D eigenvalue weighted by Gasteiger charge is 2.15. The Morgan fingerprint density at radius 2 is 1.81 bits per heavy atom. The lowest BCUT2D eigenvalue weighted by Crippen LogP contribution is -2.37. The monoisotopic (exact) mass is 238 g/mol. The fourth-order valence-corrected chi connectivity index (χ4v) is 2.94. The summed E-state index contributed by atoms with van der Waals surface area (Å²) in [6.07, 6.45) is 0. The molecule has 0 radical (unpaired) electrons. The van der Waals surface area contributed by atoms with E-state index in [4.69, 9.17) is 5.73 Å². The average molecular weight is 238 g/mol. The van der Waals surface area contributed by atoms with Gasteiger partial charge in [0.25, 0.3) is 0 Å². The van der Waals surface area contributed by atoms with Gasteiger partial charge in [-0.05, 0) is 24.6 Å². The molecule has 0 spiro atoms. The molecule has 3 nitrogen and oxygen atoms in total. The summed E-state index contributed by atoms with van der Waals surface area (Å²) in [4.78, 5) is 2.28. The molecule has 1 heterocycles. The molecule has 1 aromatic carbocycles. The van der Waals surface area contributed by atoms with Crippen molar-refractivity contribution in [2.24, 2.45) is 5.73 Å². The standard InChI is InChI=1S/C12H18N2OS/c1-10(13)11-2-4-12(5-3-11)14-6-8-16(15)9-7-14/h2-5,10H,6-9,13H2,1H3. The molecule has 1 atom stereocenters. The lowest BCUT2D eigenvalue weighted by molar-refractivity contribution is 0.673. The van der Waals surface area contributed by atoms with Crippen LogP contribution in [0.25, 0.3) is 0 Å². The second-order valence-electron chi connectivity index (χ2n) is 4.22. The molecule has 0 saturated carbocycles. The van der Waals surface area contributed by atoms with Crippen LogP contribution >= 0.6 is 0 Å². The topological polar surface area (TPSA) is 46.3 Å². The molecule has 2 rings (SSSR count). The van der Waals surface area contributed by atoms with E-state index >= 15 is 0 Å². The van der Waals surface area contributed by atoms with E-state index in [2.05, 4.69) is 29.2 Å². The summed E-state index contributed by atoms with van der Waals surface area (Å²) in [7, 11) is -0.608. The molecule has 2 N–H and O–H groups in total. The van der Waals surface area contributed by atoms with Gasteiger partial charge in [-0.25, -0.2) is 0 Å². The van der Waals surface area contributed by atoms with Crippen LogP contribution in [-0.2, 0) is 10.8 Å². The first-order chi connectivity index (χ1) is 7.66. The lowest BCUT2D eigenvalue weighted by Gasteiger charge is -2.28. The minimum atomic E-state index is -0.608. The Bertz CT molecular complexity index is 365. The summed E-state index contributed by atoms with van der Waals surface area (Å²) in [5.74, 6) is 1.57. The van der Waals surface area contributed by atoms with Crippen LogP contribution in [0.4, 0.5) is 5.69 Å². The van der Waals surface area contributed by atoms with Gasteiger partial charge in [-0.1, -0.05) is 12.1 Å². The van der Waals surface area contributed by atoms with Crippen molar-refractivity contribution in [3.05, 3.63) is 29.8 Å². The number of hydrogen-bond acceptors (Lipinski definition) is 3. The van der Waals surface area contributed by atoms with Gasteiger partial charge < -0.3 is 10.6 Å². The number of rotatable bonds is 2. The van der Waals surface area contributed by atoms with Gasteiger partial charge in [-0.2, -0.15) is 0 Å². The van der Waals surface area contributed by atoms with Crippen LogP contribution in [-0.4, -0.2) is 28.8 Å². The number of nitrogens with two attached hydrogens (primary N) is 1. The van der Waals surface area contributed by atoms with Crippen molar-refractivity contribution >= 4 is 16.5 Å². The molecule has 0 aliphatic carbocycles. The number of nitrogens with zero attached hydrogens (tertiary/aromatic N) is 1. The normalized spacial score (nSPS) is 19.8. The van der Waals surface area contributed by atoms with Gasteiger partial charge in [0.1, 0.15) is 0 Å². The molecule has 1 aliphatic heterocycles. The Balaban J connectivity index is 2.07. The van der Waals surface area contributed by atoms with E-state index in [-0.39, 0.29) is 6.04 Å². The summed E-state index contributed by atoms with van der Waals surface area (Å²) >= 11 is 0. The van der Waals surface area contributed by atoms with Crippen LogP contribution in [0.2, 0.25) is 0 Å². The van der Waals surface area contributed by atoms with Crippen molar-refractivity contribution in [1.29, 1.82) is 0 Å². The highest BCUT2D eigenvalue weighted by molar-refractivity contribution is 7.85. The van der Waals surface area contributed by atoms with Gasteiger partial charge >= 0.3 is 0 Å². The molecular formula is C12H18N2OS. The minimum absolute atomic E-state index is 0.0860. The van der Waals surface area contributed by atoms with Gasteiger partial charge in [-0.15, -0.1) is 0 Å². The molecule has 4 heteroatoms. The quantitative estimate of drug-likeness (QED) is 0.844. The van der Waals surface area contributed by atoms with Crippen LogP contribution in [0.3, 0.4) is 0 Å². The van der Waals surface area contributed by atoms with Crippen molar-refractivity contribution in [2.75, 3.05) is 29.5 Å². The number of anilines is 1. The van der Waals surface area contributed by atoms with Crippen LogP contribution in [0.1, 0.15) is 18.5 Å². The molecule has 1 fully saturated rings. The zero-order valence-electron chi connectivity index (χ0n) is 9.56. The van der Waals surface area contributed by atoms with Crippen molar-refractivity contribution < 1.29 is 4.21 Å². The molecule has 1 saturated heterocycles. The fourth-order valence-electron chi connectivity index (χ4n) is 1.88. The van der Waals surface area contributed by atoms with Crippen molar-refractivity contribution in [2.45, 2.75) is 13.0 Å². The molecule has 0 aromatic heterocycles. The summed E-state index contributed by atoms with van der Waals surface area (Å²) < 4.78 is 11.3. The maximum Gasteiger partial charge on any atom is 0.0411 e. The van der Waals surface area contributed by atoms with Gasteiger partial charge in [0.05, 0.1) is 0 Å². The van der Waals surface area contributed by atoms with Crippen LogP contribution in [0, 0.1) is 0 Å².